The zero-order valence-electron chi connectivity index (χ0n) is 11.5. The molecule has 0 unspecified atom stereocenters. The first kappa shape index (κ1) is 16.3. The van der Waals surface area contributed by atoms with Gasteiger partial charge < -0.3 is 10.6 Å². The lowest BCUT2D eigenvalue weighted by molar-refractivity contribution is -0.122. The predicted molar refractivity (Wildman–Crippen MR) is 80.7 cm³/mol. The molecule has 0 radical (unpaired) electrons. The van der Waals surface area contributed by atoms with Gasteiger partial charge in [-0.25, -0.2) is 0 Å². The van der Waals surface area contributed by atoms with Crippen molar-refractivity contribution in [2.24, 2.45) is 0 Å². The molecule has 0 bridgehead atoms. The maximum Gasteiger partial charge on any atom is 0.221 e. The first-order chi connectivity index (χ1) is 8.79. The second kappa shape index (κ2) is 7.13. The van der Waals surface area contributed by atoms with Crippen LogP contribution in [0.25, 0.3) is 0 Å². The molecule has 5 heteroatoms. The van der Waals surface area contributed by atoms with Gasteiger partial charge in [-0.05, 0) is 32.9 Å². The third-order valence-corrected chi connectivity index (χ3v) is 3.11. The molecule has 0 fully saturated rings. The monoisotopic (exact) mass is 302 g/mol. The predicted octanol–water partition coefficient (Wildman–Crippen LogP) is 3.39. The number of carbonyl (C=O) groups is 1. The lowest BCUT2D eigenvalue weighted by atomic mass is 10.1. The van der Waals surface area contributed by atoms with Crippen molar-refractivity contribution in [2.75, 3.05) is 6.54 Å². The van der Waals surface area contributed by atoms with Crippen LogP contribution in [0.2, 0.25) is 10.0 Å². The molecule has 0 spiro atoms. The highest BCUT2D eigenvalue weighted by atomic mass is 35.5. The SMILES string of the molecule is CC(C)(C)NC(=O)CCNCc1c(Cl)cccc1Cl. The van der Waals surface area contributed by atoms with Gasteiger partial charge in [0, 0.05) is 40.7 Å². The molecule has 0 aliphatic heterocycles. The molecule has 1 rings (SSSR count). The summed E-state index contributed by atoms with van der Waals surface area (Å²) in [6.45, 7) is 7.02. The van der Waals surface area contributed by atoms with Crippen LogP contribution in [0.15, 0.2) is 18.2 Å². The number of halogens is 2. The molecular formula is C14H20Cl2N2O. The minimum atomic E-state index is -0.191. The fourth-order valence-electron chi connectivity index (χ4n) is 1.60. The van der Waals surface area contributed by atoms with E-state index in [1.165, 1.54) is 0 Å². The van der Waals surface area contributed by atoms with E-state index in [1.807, 2.05) is 26.8 Å². The highest BCUT2D eigenvalue weighted by Gasteiger charge is 2.13. The van der Waals surface area contributed by atoms with Gasteiger partial charge >= 0.3 is 0 Å². The zero-order valence-corrected chi connectivity index (χ0v) is 13.0. The van der Waals surface area contributed by atoms with Crippen molar-refractivity contribution in [1.29, 1.82) is 0 Å². The van der Waals surface area contributed by atoms with Gasteiger partial charge in [0.25, 0.3) is 0 Å². The summed E-state index contributed by atoms with van der Waals surface area (Å²) in [6, 6.07) is 5.42. The first-order valence-corrected chi connectivity index (χ1v) is 7.00. The molecule has 1 amide bonds. The number of nitrogens with one attached hydrogen (secondary N) is 2. The molecule has 1 aromatic rings. The Balaban J connectivity index is 2.34. The van der Waals surface area contributed by atoms with E-state index in [0.29, 0.717) is 29.6 Å². The quantitative estimate of drug-likeness (QED) is 0.819. The Morgan fingerprint density at radius 2 is 1.79 bits per heavy atom. The Kier molecular flexibility index (Phi) is 6.11. The van der Waals surface area contributed by atoms with Crippen LogP contribution in [0.1, 0.15) is 32.8 Å². The summed E-state index contributed by atoms with van der Waals surface area (Å²) in [5.41, 5.74) is 0.672. The topological polar surface area (TPSA) is 41.1 Å². The molecule has 0 saturated heterocycles. The lowest BCUT2D eigenvalue weighted by Crippen LogP contribution is -2.41. The fraction of sp³-hybridized carbons (Fsp3) is 0.500. The van der Waals surface area contributed by atoms with Crippen molar-refractivity contribution < 1.29 is 4.79 Å². The normalized spacial score (nSPS) is 11.4. The van der Waals surface area contributed by atoms with Crippen molar-refractivity contribution in [3.05, 3.63) is 33.8 Å². The summed E-state index contributed by atoms with van der Waals surface area (Å²) in [6.07, 6.45) is 0.430. The van der Waals surface area contributed by atoms with Crippen LogP contribution in [-0.2, 0) is 11.3 Å². The Morgan fingerprint density at radius 3 is 2.32 bits per heavy atom. The maximum absolute atomic E-state index is 11.6. The molecule has 0 atom stereocenters. The minimum absolute atomic E-state index is 0.0326. The molecule has 0 aliphatic carbocycles. The first-order valence-electron chi connectivity index (χ1n) is 6.24. The Labute approximate surface area is 124 Å². The highest BCUT2D eigenvalue weighted by molar-refractivity contribution is 6.35. The van der Waals surface area contributed by atoms with Gasteiger partial charge in [-0.15, -0.1) is 0 Å². The van der Waals surface area contributed by atoms with Gasteiger partial charge in [0.05, 0.1) is 0 Å². The van der Waals surface area contributed by atoms with Gasteiger partial charge in [0.15, 0.2) is 0 Å². The van der Waals surface area contributed by atoms with Crippen molar-refractivity contribution in [3.8, 4) is 0 Å². The second-order valence-corrected chi connectivity index (χ2v) is 6.24. The molecule has 19 heavy (non-hydrogen) atoms. The van der Waals surface area contributed by atoms with Crippen LogP contribution < -0.4 is 10.6 Å². The van der Waals surface area contributed by atoms with Crippen LogP contribution >= 0.6 is 23.2 Å². The summed E-state index contributed by atoms with van der Waals surface area (Å²) < 4.78 is 0. The summed E-state index contributed by atoms with van der Waals surface area (Å²) in [4.78, 5) is 11.6. The summed E-state index contributed by atoms with van der Waals surface area (Å²) in [5, 5.41) is 7.36. The molecule has 3 nitrogen and oxygen atoms in total. The number of hydrogen-bond acceptors (Lipinski definition) is 2. The molecular weight excluding hydrogens is 283 g/mol. The van der Waals surface area contributed by atoms with Gasteiger partial charge in [0.1, 0.15) is 0 Å². The number of rotatable bonds is 5. The van der Waals surface area contributed by atoms with Crippen LogP contribution in [0, 0.1) is 0 Å². The van der Waals surface area contributed by atoms with Gasteiger partial charge in [0.2, 0.25) is 5.91 Å². The molecule has 2 N–H and O–H groups in total. The van der Waals surface area contributed by atoms with Crippen LogP contribution in [0.5, 0.6) is 0 Å². The van der Waals surface area contributed by atoms with Gasteiger partial charge in [-0.1, -0.05) is 29.3 Å². The Morgan fingerprint density at radius 1 is 1.21 bits per heavy atom. The van der Waals surface area contributed by atoms with Gasteiger partial charge in [-0.2, -0.15) is 0 Å². The number of carbonyl (C=O) groups excluding carboxylic acids is 1. The smallest absolute Gasteiger partial charge is 0.221 e. The van der Waals surface area contributed by atoms with E-state index in [0.717, 1.165) is 5.56 Å². The van der Waals surface area contributed by atoms with Crippen LogP contribution in [-0.4, -0.2) is 18.0 Å². The zero-order chi connectivity index (χ0) is 14.5. The third-order valence-electron chi connectivity index (χ3n) is 2.41. The standard InChI is InChI=1S/C14H20Cl2N2O/c1-14(2,3)18-13(19)7-8-17-9-10-11(15)5-4-6-12(10)16/h4-6,17H,7-9H2,1-3H3,(H,18,19). The molecule has 0 saturated carbocycles. The summed E-state index contributed by atoms with van der Waals surface area (Å²) >= 11 is 12.1. The average molecular weight is 303 g/mol. The summed E-state index contributed by atoms with van der Waals surface area (Å²) in [7, 11) is 0. The largest absolute Gasteiger partial charge is 0.351 e. The van der Waals surface area contributed by atoms with Crippen molar-refractivity contribution >= 4 is 29.1 Å². The van der Waals surface area contributed by atoms with Crippen LogP contribution in [0.3, 0.4) is 0 Å². The lowest BCUT2D eigenvalue weighted by Gasteiger charge is -2.20. The van der Waals surface area contributed by atoms with Gasteiger partial charge in [-0.3, -0.25) is 4.79 Å². The number of hydrogen-bond donors (Lipinski definition) is 2. The Bertz CT molecular complexity index is 421. The van der Waals surface area contributed by atoms with E-state index in [2.05, 4.69) is 10.6 Å². The van der Waals surface area contributed by atoms with Crippen molar-refractivity contribution in [2.45, 2.75) is 39.3 Å². The number of benzene rings is 1. The van der Waals surface area contributed by atoms with Crippen molar-refractivity contribution in [1.82, 2.24) is 10.6 Å². The van der Waals surface area contributed by atoms with E-state index < -0.39 is 0 Å². The summed E-state index contributed by atoms with van der Waals surface area (Å²) in [5.74, 6) is 0.0326. The maximum atomic E-state index is 11.6. The minimum Gasteiger partial charge on any atom is -0.351 e. The highest BCUT2D eigenvalue weighted by Crippen LogP contribution is 2.23. The molecule has 0 aliphatic rings. The molecule has 0 aromatic heterocycles. The van der Waals surface area contributed by atoms with Crippen LogP contribution in [0.4, 0.5) is 0 Å². The van der Waals surface area contributed by atoms with E-state index in [9.17, 15) is 4.79 Å². The van der Waals surface area contributed by atoms with E-state index in [1.54, 1.807) is 12.1 Å². The fourth-order valence-corrected chi connectivity index (χ4v) is 2.13. The van der Waals surface area contributed by atoms with E-state index in [4.69, 9.17) is 23.2 Å². The van der Waals surface area contributed by atoms with E-state index >= 15 is 0 Å². The average Bonchev–Trinajstić information content (AvgIpc) is 2.25. The molecule has 0 heterocycles. The second-order valence-electron chi connectivity index (χ2n) is 5.43. The van der Waals surface area contributed by atoms with Crippen molar-refractivity contribution in [3.63, 3.8) is 0 Å². The number of amides is 1. The van der Waals surface area contributed by atoms with E-state index in [-0.39, 0.29) is 11.4 Å². The third kappa shape index (κ3) is 6.28. The molecule has 106 valence electrons. The Hall–Kier alpha value is -0.770. The molecule has 1 aromatic carbocycles.